The molecule has 142 valence electrons. The van der Waals surface area contributed by atoms with E-state index in [1.165, 1.54) is 11.9 Å². The summed E-state index contributed by atoms with van der Waals surface area (Å²) in [7, 11) is 1.51. The summed E-state index contributed by atoms with van der Waals surface area (Å²) < 4.78 is 51.1. The highest BCUT2D eigenvalue weighted by molar-refractivity contribution is 5.64. The first-order valence-corrected chi connectivity index (χ1v) is 8.19. The third-order valence-electron chi connectivity index (χ3n) is 3.29. The predicted molar refractivity (Wildman–Crippen MR) is 93.1 cm³/mol. The van der Waals surface area contributed by atoms with Crippen molar-refractivity contribution in [2.75, 3.05) is 11.9 Å². The molecule has 0 fully saturated rings. The zero-order valence-electron chi connectivity index (χ0n) is 15.3. The molecule has 0 saturated heterocycles. The van der Waals surface area contributed by atoms with Gasteiger partial charge in [0.15, 0.2) is 5.82 Å². The quantitative estimate of drug-likeness (QED) is 0.729. The Kier molecular flexibility index (Phi) is 5.94. The zero-order valence-corrected chi connectivity index (χ0v) is 15.3. The molecule has 26 heavy (non-hydrogen) atoms. The van der Waals surface area contributed by atoms with Gasteiger partial charge < -0.3 is 14.4 Å². The van der Waals surface area contributed by atoms with Crippen LogP contribution in [-0.4, -0.2) is 29.2 Å². The second kappa shape index (κ2) is 7.80. The monoisotopic (exact) mass is 369 g/mol. The van der Waals surface area contributed by atoms with E-state index in [1.807, 2.05) is 13.8 Å². The molecule has 0 aliphatic rings. The van der Waals surface area contributed by atoms with Crippen LogP contribution in [0.4, 0.5) is 24.7 Å². The number of ether oxygens (including phenoxy) is 2. The summed E-state index contributed by atoms with van der Waals surface area (Å²) in [6.07, 6.45) is -4.16. The zero-order chi connectivity index (χ0) is 19.5. The van der Waals surface area contributed by atoms with Gasteiger partial charge in [-0.1, -0.05) is 6.07 Å². The Morgan fingerprint density at radius 3 is 2.27 bits per heavy atom. The van der Waals surface area contributed by atoms with Crippen molar-refractivity contribution in [1.29, 1.82) is 0 Å². The number of hydrogen-bond donors (Lipinski definition) is 0. The van der Waals surface area contributed by atoms with Gasteiger partial charge in [0.1, 0.15) is 11.3 Å². The molecule has 0 aliphatic heterocycles. The first-order valence-electron chi connectivity index (χ1n) is 8.19. The number of rotatable bonds is 6. The molecule has 0 aliphatic carbocycles. The van der Waals surface area contributed by atoms with Crippen LogP contribution in [0, 0.1) is 0 Å². The van der Waals surface area contributed by atoms with Gasteiger partial charge in [0.2, 0.25) is 0 Å². The highest BCUT2D eigenvalue weighted by Crippen LogP contribution is 2.38. The summed E-state index contributed by atoms with van der Waals surface area (Å²) in [5, 5.41) is 0. The lowest BCUT2D eigenvalue weighted by Gasteiger charge is -2.23. The van der Waals surface area contributed by atoms with E-state index in [0.717, 1.165) is 6.20 Å². The molecule has 1 heterocycles. The van der Waals surface area contributed by atoms with Crippen molar-refractivity contribution in [2.45, 2.75) is 46.1 Å². The van der Waals surface area contributed by atoms with Crippen LogP contribution in [0.5, 0.6) is 11.8 Å². The Morgan fingerprint density at radius 2 is 1.69 bits per heavy atom. The lowest BCUT2D eigenvalue weighted by Crippen LogP contribution is -2.20. The van der Waals surface area contributed by atoms with E-state index in [4.69, 9.17) is 9.47 Å². The maximum Gasteiger partial charge on any atom is 0.421 e. The summed E-state index contributed by atoms with van der Waals surface area (Å²) in [5.41, 5.74) is -0.436. The highest BCUT2D eigenvalue weighted by Gasteiger charge is 2.37. The fourth-order valence-corrected chi connectivity index (χ4v) is 2.24. The normalized spacial score (nSPS) is 11.8. The third kappa shape index (κ3) is 5.00. The summed E-state index contributed by atoms with van der Waals surface area (Å²) in [5.74, 6) is 0.274. The van der Waals surface area contributed by atoms with Crippen molar-refractivity contribution < 1.29 is 22.6 Å². The smallest absolute Gasteiger partial charge is 0.421 e. The summed E-state index contributed by atoms with van der Waals surface area (Å²) in [4.78, 5) is 8.99. The number of anilines is 2. The number of benzene rings is 1. The lowest BCUT2D eigenvalue weighted by atomic mass is 10.2. The van der Waals surface area contributed by atoms with Gasteiger partial charge in [-0.25, -0.2) is 4.98 Å². The van der Waals surface area contributed by atoms with Crippen molar-refractivity contribution in [1.82, 2.24) is 9.97 Å². The van der Waals surface area contributed by atoms with Gasteiger partial charge in [-0.2, -0.15) is 18.2 Å². The maximum atomic E-state index is 13.4. The predicted octanol–water partition coefficient (Wildman–Crippen LogP) is 4.84. The SMILES string of the molecule is CC(C)Oc1cccc(N(C)c2nc(OC(C)C)ncc2C(F)(F)F)c1. The molecule has 0 spiro atoms. The molecule has 1 aromatic carbocycles. The van der Waals surface area contributed by atoms with Crippen LogP contribution in [0.2, 0.25) is 0 Å². The average molecular weight is 369 g/mol. The van der Waals surface area contributed by atoms with Crippen LogP contribution >= 0.6 is 0 Å². The van der Waals surface area contributed by atoms with E-state index in [1.54, 1.807) is 38.1 Å². The maximum absolute atomic E-state index is 13.4. The van der Waals surface area contributed by atoms with Gasteiger partial charge in [-0.05, 0) is 39.8 Å². The van der Waals surface area contributed by atoms with Crippen LogP contribution in [0.15, 0.2) is 30.5 Å². The Labute approximate surface area is 150 Å². The standard InChI is InChI=1S/C18H22F3N3O2/c1-11(2)25-14-8-6-7-13(9-14)24(5)16-15(18(19,20)21)10-22-17(23-16)26-12(3)4/h6-12H,1-5H3. The molecule has 5 nitrogen and oxygen atoms in total. The molecule has 2 rings (SSSR count). The molecule has 0 radical (unpaired) electrons. The number of halogens is 3. The van der Waals surface area contributed by atoms with E-state index < -0.39 is 11.7 Å². The van der Waals surface area contributed by atoms with E-state index in [2.05, 4.69) is 9.97 Å². The summed E-state index contributed by atoms with van der Waals surface area (Å²) in [6, 6.07) is 6.69. The van der Waals surface area contributed by atoms with Crippen LogP contribution < -0.4 is 14.4 Å². The Hall–Kier alpha value is -2.51. The van der Waals surface area contributed by atoms with Crippen LogP contribution in [0.3, 0.4) is 0 Å². The molecule has 0 amide bonds. The summed E-state index contributed by atoms with van der Waals surface area (Å²) in [6.45, 7) is 7.24. The lowest BCUT2D eigenvalue weighted by molar-refractivity contribution is -0.137. The van der Waals surface area contributed by atoms with Gasteiger partial charge in [0.05, 0.1) is 12.2 Å². The molecule has 2 aromatic rings. The topological polar surface area (TPSA) is 47.5 Å². The Balaban J connectivity index is 2.47. The minimum atomic E-state index is -4.59. The van der Waals surface area contributed by atoms with Gasteiger partial charge in [0.25, 0.3) is 0 Å². The minimum absolute atomic E-state index is 0.0496. The number of aromatic nitrogens is 2. The van der Waals surface area contributed by atoms with E-state index in [9.17, 15) is 13.2 Å². The fourth-order valence-electron chi connectivity index (χ4n) is 2.24. The second-order valence-electron chi connectivity index (χ2n) is 6.28. The molecule has 0 saturated carbocycles. The van der Waals surface area contributed by atoms with E-state index in [0.29, 0.717) is 11.4 Å². The number of nitrogens with zero attached hydrogens (tertiary/aromatic N) is 3. The van der Waals surface area contributed by atoms with Crippen molar-refractivity contribution in [3.63, 3.8) is 0 Å². The first kappa shape index (κ1) is 19.8. The molecular weight excluding hydrogens is 347 g/mol. The van der Waals surface area contributed by atoms with Crippen LogP contribution in [0.1, 0.15) is 33.3 Å². The van der Waals surface area contributed by atoms with Crippen molar-refractivity contribution in [3.8, 4) is 11.8 Å². The molecular formula is C18H22F3N3O2. The van der Waals surface area contributed by atoms with Crippen molar-refractivity contribution >= 4 is 11.5 Å². The van der Waals surface area contributed by atoms with Gasteiger partial charge in [0, 0.05) is 25.0 Å². The largest absolute Gasteiger partial charge is 0.491 e. The fraction of sp³-hybridized carbons (Fsp3) is 0.444. The van der Waals surface area contributed by atoms with Gasteiger partial charge in [-0.3, -0.25) is 0 Å². The molecule has 0 atom stereocenters. The second-order valence-corrected chi connectivity index (χ2v) is 6.28. The molecule has 8 heteroatoms. The first-order chi connectivity index (χ1) is 12.1. The molecule has 0 bridgehead atoms. The minimum Gasteiger partial charge on any atom is -0.491 e. The van der Waals surface area contributed by atoms with Crippen molar-refractivity contribution in [2.24, 2.45) is 0 Å². The Bertz CT molecular complexity index is 749. The van der Waals surface area contributed by atoms with E-state index in [-0.39, 0.29) is 24.0 Å². The van der Waals surface area contributed by atoms with Crippen LogP contribution in [0.25, 0.3) is 0 Å². The van der Waals surface area contributed by atoms with Gasteiger partial charge in [-0.15, -0.1) is 0 Å². The number of hydrogen-bond acceptors (Lipinski definition) is 5. The number of alkyl halides is 3. The molecule has 1 aromatic heterocycles. The molecule has 0 N–H and O–H groups in total. The van der Waals surface area contributed by atoms with Gasteiger partial charge >= 0.3 is 12.2 Å². The third-order valence-corrected chi connectivity index (χ3v) is 3.29. The van der Waals surface area contributed by atoms with Crippen LogP contribution in [-0.2, 0) is 6.18 Å². The molecule has 0 unspecified atom stereocenters. The average Bonchev–Trinajstić information content (AvgIpc) is 2.52. The Morgan fingerprint density at radius 1 is 1.04 bits per heavy atom. The van der Waals surface area contributed by atoms with E-state index >= 15 is 0 Å². The summed E-state index contributed by atoms with van der Waals surface area (Å²) >= 11 is 0. The van der Waals surface area contributed by atoms with Crippen molar-refractivity contribution in [3.05, 3.63) is 36.0 Å². The highest BCUT2D eigenvalue weighted by atomic mass is 19.4.